The Kier molecular flexibility index (Phi) is 5.33. The standard InChI is InChI=1S/C12H14ClN3O4/c13-7-2-1-6(5-8(7)14)11(18)16-9(12(19)20)3-4-10(15)17/h1-2,5,9H,3-4,14H2,(H2,15,17)(H,16,18)(H,19,20). The van der Waals surface area contributed by atoms with Crippen molar-refractivity contribution in [1.82, 2.24) is 5.32 Å². The van der Waals surface area contributed by atoms with Crippen LogP contribution in [0, 0.1) is 0 Å². The molecule has 1 aromatic rings. The van der Waals surface area contributed by atoms with Crippen molar-refractivity contribution in [3.05, 3.63) is 28.8 Å². The topological polar surface area (TPSA) is 136 Å². The van der Waals surface area contributed by atoms with E-state index in [4.69, 9.17) is 28.2 Å². The Morgan fingerprint density at radius 1 is 1.35 bits per heavy atom. The van der Waals surface area contributed by atoms with Gasteiger partial charge in [0.05, 0.1) is 10.7 Å². The number of carboxylic acid groups (broad SMARTS) is 1. The minimum absolute atomic E-state index is 0.0839. The molecule has 108 valence electrons. The van der Waals surface area contributed by atoms with Crippen LogP contribution in [0.5, 0.6) is 0 Å². The highest BCUT2D eigenvalue weighted by Gasteiger charge is 2.21. The van der Waals surface area contributed by atoms with Crippen molar-refractivity contribution < 1.29 is 19.5 Å². The molecule has 1 atom stereocenters. The van der Waals surface area contributed by atoms with Crippen molar-refractivity contribution >= 4 is 35.1 Å². The van der Waals surface area contributed by atoms with E-state index in [1.54, 1.807) is 0 Å². The summed E-state index contributed by atoms with van der Waals surface area (Å²) >= 11 is 5.72. The van der Waals surface area contributed by atoms with Crippen LogP contribution in [0.3, 0.4) is 0 Å². The third kappa shape index (κ3) is 4.43. The van der Waals surface area contributed by atoms with Crippen LogP contribution < -0.4 is 16.8 Å². The zero-order valence-electron chi connectivity index (χ0n) is 10.4. The van der Waals surface area contributed by atoms with Gasteiger partial charge in [0.2, 0.25) is 5.91 Å². The number of carboxylic acids is 1. The lowest BCUT2D eigenvalue weighted by Gasteiger charge is -2.14. The van der Waals surface area contributed by atoms with Crippen molar-refractivity contribution in [2.45, 2.75) is 18.9 Å². The number of halogens is 1. The molecule has 1 unspecified atom stereocenters. The van der Waals surface area contributed by atoms with Crippen molar-refractivity contribution in [3.8, 4) is 0 Å². The zero-order valence-corrected chi connectivity index (χ0v) is 11.2. The van der Waals surface area contributed by atoms with E-state index in [1.807, 2.05) is 0 Å². The van der Waals surface area contributed by atoms with Gasteiger partial charge in [-0.05, 0) is 24.6 Å². The maximum absolute atomic E-state index is 11.9. The molecular formula is C12H14ClN3O4. The van der Waals surface area contributed by atoms with E-state index >= 15 is 0 Å². The van der Waals surface area contributed by atoms with Crippen LogP contribution in [0.25, 0.3) is 0 Å². The summed E-state index contributed by atoms with van der Waals surface area (Å²) in [5, 5.41) is 11.6. The molecule has 6 N–H and O–H groups in total. The fourth-order valence-corrected chi connectivity index (χ4v) is 1.59. The number of nitrogens with one attached hydrogen (secondary N) is 1. The summed E-state index contributed by atoms with van der Waals surface area (Å²) in [7, 11) is 0. The number of nitrogens with two attached hydrogens (primary N) is 2. The maximum Gasteiger partial charge on any atom is 0.326 e. The first-order valence-electron chi connectivity index (χ1n) is 5.68. The Balaban J connectivity index is 2.77. The molecule has 0 aliphatic heterocycles. The average Bonchev–Trinajstić information content (AvgIpc) is 2.36. The second-order valence-corrected chi connectivity index (χ2v) is 4.51. The zero-order chi connectivity index (χ0) is 15.3. The van der Waals surface area contributed by atoms with E-state index in [-0.39, 0.29) is 24.1 Å². The van der Waals surface area contributed by atoms with Gasteiger partial charge in [0, 0.05) is 12.0 Å². The van der Waals surface area contributed by atoms with Gasteiger partial charge in [-0.3, -0.25) is 9.59 Å². The van der Waals surface area contributed by atoms with Crippen molar-refractivity contribution in [1.29, 1.82) is 0 Å². The lowest BCUT2D eigenvalue weighted by Crippen LogP contribution is -2.41. The smallest absolute Gasteiger partial charge is 0.326 e. The number of hydrogen-bond donors (Lipinski definition) is 4. The van der Waals surface area contributed by atoms with E-state index in [0.29, 0.717) is 5.02 Å². The second kappa shape index (κ2) is 6.76. The number of amides is 2. The lowest BCUT2D eigenvalue weighted by molar-refractivity contribution is -0.139. The quantitative estimate of drug-likeness (QED) is 0.563. The van der Waals surface area contributed by atoms with Gasteiger partial charge in [0.25, 0.3) is 5.91 Å². The molecule has 8 heteroatoms. The number of hydrogen-bond acceptors (Lipinski definition) is 4. The molecule has 7 nitrogen and oxygen atoms in total. The van der Waals surface area contributed by atoms with Gasteiger partial charge in [-0.15, -0.1) is 0 Å². The van der Waals surface area contributed by atoms with Gasteiger partial charge in [0.15, 0.2) is 0 Å². The number of primary amides is 1. The van der Waals surface area contributed by atoms with Crippen LogP contribution in [0.15, 0.2) is 18.2 Å². The summed E-state index contributed by atoms with van der Waals surface area (Å²) in [6.45, 7) is 0. The predicted octanol–water partition coefficient (Wildman–Crippen LogP) is 0.371. The molecule has 0 aromatic heterocycles. The van der Waals surface area contributed by atoms with Gasteiger partial charge in [0.1, 0.15) is 6.04 Å². The van der Waals surface area contributed by atoms with Gasteiger partial charge in [-0.2, -0.15) is 0 Å². The maximum atomic E-state index is 11.9. The number of benzene rings is 1. The molecule has 1 rings (SSSR count). The molecule has 0 fully saturated rings. The lowest BCUT2D eigenvalue weighted by atomic mass is 10.1. The van der Waals surface area contributed by atoms with Crippen LogP contribution in [-0.4, -0.2) is 28.9 Å². The first kappa shape index (κ1) is 15.8. The van der Waals surface area contributed by atoms with Crippen molar-refractivity contribution in [2.75, 3.05) is 5.73 Å². The van der Waals surface area contributed by atoms with Crippen LogP contribution in [0.1, 0.15) is 23.2 Å². The van der Waals surface area contributed by atoms with Crippen molar-refractivity contribution in [2.24, 2.45) is 5.73 Å². The third-order valence-corrected chi connectivity index (χ3v) is 2.89. The normalized spacial score (nSPS) is 11.7. The van der Waals surface area contributed by atoms with E-state index in [0.717, 1.165) is 0 Å². The van der Waals surface area contributed by atoms with Gasteiger partial charge >= 0.3 is 5.97 Å². The highest BCUT2D eigenvalue weighted by atomic mass is 35.5. The summed E-state index contributed by atoms with van der Waals surface area (Å²) in [6, 6.07) is 2.99. The summed E-state index contributed by atoms with van der Waals surface area (Å²) in [5.41, 5.74) is 10.9. The van der Waals surface area contributed by atoms with Crippen LogP contribution in [0.2, 0.25) is 5.02 Å². The summed E-state index contributed by atoms with van der Waals surface area (Å²) in [6.07, 6.45) is -0.223. The van der Waals surface area contributed by atoms with Gasteiger partial charge < -0.3 is 21.9 Å². The van der Waals surface area contributed by atoms with E-state index < -0.39 is 23.8 Å². The molecule has 0 heterocycles. The SMILES string of the molecule is NC(=O)CCC(NC(=O)c1ccc(Cl)c(N)c1)C(=O)O. The highest BCUT2D eigenvalue weighted by Crippen LogP contribution is 2.19. The van der Waals surface area contributed by atoms with E-state index in [1.165, 1.54) is 18.2 Å². The Morgan fingerprint density at radius 3 is 2.50 bits per heavy atom. The third-order valence-electron chi connectivity index (χ3n) is 2.54. The first-order valence-corrected chi connectivity index (χ1v) is 6.06. The molecule has 0 radical (unpaired) electrons. The molecule has 20 heavy (non-hydrogen) atoms. The van der Waals surface area contributed by atoms with E-state index in [2.05, 4.69) is 5.32 Å². The number of carbonyl (C=O) groups is 3. The number of carbonyl (C=O) groups excluding carboxylic acids is 2. The molecule has 0 aliphatic carbocycles. The fraction of sp³-hybridized carbons (Fsp3) is 0.250. The predicted molar refractivity (Wildman–Crippen MR) is 73.2 cm³/mol. The molecule has 0 saturated carbocycles. The Labute approximate surface area is 119 Å². The molecule has 0 saturated heterocycles. The fourth-order valence-electron chi connectivity index (χ4n) is 1.47. The number of nitrogen functional groups attached to an aromatic ring is 1. The molecular weight excluding hydrogens is 286 g/mol. The number of aliphatic carboxylic acids is 1. The highest BCUT2D eigenvalue weighted by molar-refractivity contribution is 6.33. The minimum Gasteiger partial charge on any atom is -0.480 e. The van der Waals surface area contributed by atoms with Gasteiger partial charge in [-0.25, -0.2) is 4.79 Å². The largest absolute Gasteiger partial charge is 0.480 e. The van der Waals surface area contributed by atoms with Crippen LogP contribution in [-0.2, 0) is 9.59 Å². The molecule has 1 aromatic carbocycles. The molecule has 2 amide bonds. The van der Waals surface area contributed by atoms with Crippen molar-refractivity contribution in [3.63, 3.8) is 0 Å². The summed E-state index contributed by atoms with van der Waals surface area (Å²) in [4.78, 5) is 33.5. The Morgan fingerprint density at radius 2 is 2.00 bits per heavy atom. The Hall–Kier alpha value is -2.28. The summed E-state index contributed by atoms with van der Waals surface area (Å²) in [5.74, 6) is -2.51. The monoisotopic (exact) mass is 299 g/mol. The molecule has 0 aliphatic rings. The molecule has 0 spiro atoms. The number of anilines is 1. The Bertz CT molecular complexity index is 548. The molecule has 0 bridgehead atoms. The van der Waals surface area contributed by atoms with E-state index in [9.17, 15) is 14.4 Å². The van der Waals surface area contributed by atoms with Gasteiger partial charge in [-0.1, -0.05) is 11.6 Å². The second-order valence-electron chi connectivity index (χ2n) is 4.11. The first-order chi connectivity index (χ1) is 9.31. The minimum atomic E-state index is -1.25. The number of rotatable bonds is 6. The average molecular weight is 300 g/mol. The summed E-state index contributed by atoms with van der Waals surface area (Å²) < 4.78 is 0. The van der Waals surface area contributed by atoms with Crippen LogP contribution >= 0.6 is 11.6 Å². The van der Waals surface area contributed by atoms with Crippen LogP contribution in [0.4, 0.5) is 5.69 Å².